The van der Waals surface area contributed by atoms with Crippen LogP contribution in [0.3, 0.4) is 0 Å². The molecule has 1 fully saturated rings. The third kappa shape index (κ3) is 3.96. The second-order valence-corrected chi connectivity index (χ2v) is 5.67. The molecular weight excluding hydrogens is 349 g/mol. The van der Waals surface area contributed by atoms with Gasteiger partial charge in [-0.15, -0.1) is 13.2 Å². The van der Waals surface area contributed by atoms with Gasteiger partial charge < -0.3 is 15.0 Å². The summed E-state index contributed by atoms with van der Waals surface area (Å²) in [6, 6.07) is 12.5. The highest BCUT2D eigenvalue weighted by molar-refractivity contribution is 5.98. The topological polar surface area (TPSA) is 58.6 Å². The zero-order valence-electron chi connectivity index (χ0n) is 13.5. The van der Waals surface area contributed by atoms with Crippen LogP contribution in [0.1, 0.15) is 22.0 Å². The lowest BCUT2D eigenvalue weighted by Gasteiger charge is -2.35. The molecule has 136 valence electrons. The van der Waals surface area contributed by atoms with Crippen molar-refractivity contribution < 1.29 is 27.5 Å². The number of carbonyl (C=O) groups is 2. The number of nitrogens with one attached hydrogen (secondary N) is 1. The van der Waals surface area contributed by atoms with Gasteiger partial charge in [0.2, 0.25) is 5.91 Å². The highest BCUT2D eigenvalue weighted by Crippen LogP contribution is 2.28. The van der Waals surface area contributed by atoms with Crippen molar-refractivity contribution >= 4 is 11.8 Å². The number of carbonyl (C=O) groups excluding carboxylic acids is 2. The zero-order valence-corrected chi connectivity index (χ0v) is 13.5. The maximum atomic E-state index is 12.8. The van der Waals surface area contributed by atoms with E-state index in [-0.39, 0.29) is 11.8 Å². The van der Waals surface area contributed by atoms with E-state index in [4.69, 9.17) is 0 Å². The first-order valence-electron chi connectivity index (χ1n) is 7.84. The Hall–Kier alpha value is -3.03. The second-order valence-electron chi connectivity index (χ2n) is 5.67. The fraction of sp³-hybridized carbons (Fsp3) is 0.222. The van der Waals surface area contributed by atoms with E-state index in [0.717, 1.165) is 12.1 Å². The van der Waals surface area contributed by atoms with Gasteiger partial charge in [0.1, 0.15) is 11.8 Å². The second kappa shape index (κ2) is 7.07. The van der Waals surface area contributed by atoms with Gasteiger partial charge in [-0.05, 0) is 29.8 Å². The molecule has 1 unspecified atom stereocenters. The van der Waals surface area contributed by atoms with Crippen molar-refractivity contribution in [1.29, 1.82) is 0 Å². The molecule has 0 bridgehead atoms. The Morgan fingerprint density at radius 3 is 2.35 bits per heavy atom. The summed E-state index contributed by atoms with van der Waals surface area (Å²) in [6.45, 7) is 0.605. The van der Waals surface area contributed by atoms with Crippen LogP contribution in [0.2, 0.25) is 0 Å². The Morgan fingerprint density at radius 2 is 1.73 bits per heavy atom. The van der Waals surface area contributed by atoms with E-state index in [9.17, 15) is 22.8 Å². The van der Waals surface area contributed by atoms with Crippen molar-refractivity contribution in [2.75, 3.05) is 13.1 Å². The molecule has 0 spiro atoms. The Balaban J connectivity index is 1.87. The van der Waals surface area contributed by atoms with Crippen LogP contribution < -0.4 is 10.1 Å². The molecule has 1 N–H and O–H groups in total. The number of nitrogens with zero attached hydrogens (tertiary/aromatic N) is 1. The summed E-state index contributed by atoms with van der Waals surface area (Å²) in [5, 5.41) is 2.68. The Bertz CT molecular complexity index is 792. The van der Waals surface area contributed by atoms with Gasteiger partial charge in [-0.1, -0.05) is 30.3 Å². The van der Waals surface area contributed by atoms with Gasteiger partial charge >= 0.3 is 6.36 Å². The number of hydrogen-bond acceptors (Lipinski definition) is 3. The fourth-order valence-electron chi connectivity index (χ4n) is 2.82. The summed E-state index contributed by atoms with van der Waals surface area (Å²) >= 11 is 0. The SMILES string of the molecule is O=C1NCCN(C(=O)c2ccccc2)C1c1ccc(OC(F)(F)F)cc1. The summed E-state index contributed by atoms with van der Waals surface area (Å²) in [5.74, 6) is -1.09. The van der Waals surface area contributed by atoms with Crippen molar-refractivity contribution in [2.45, 2.75) is 12.4 Å². The Morgan fingerprint density at radius 1 is 1.08 bits per heavy atom. The fourth-order valence-corrected chi connectivity index (χ4v) is 2.82. The van der Waals surface area contributed by atoms with Gasteiger partial charge in [0, 0.05) is 18.7 Å². The molecule has 0 radical (unpaired) electrons. The first kappa shape index (κ1) is 17.8. The molecule has 0 saturated carbocycles. The maximum Gasteiger partial charge on any atom is 0.573 e. The molecule has 3 rings (SSSR count). The zero-order chi connectivity index (χ0) is 18.7. The summed E-state index contributed by atoms with van der Waals surface area (Å²) in [6.07, 6.45) is -4.79. The van der Waals surface area contributed by atoms with E-state index < -0.39 is 18.2 Å². The van der Waals surface area contributed by atoms with Gasteiger partial charge in [-0.25, -0.2) is 0 Å². The maximum absolute atomic E-state index is 12.8. The number of hydrogen-bond donors (Lipinski definition) is 1. The molecule has 1 saturated heterocycles. The molecule has 2 aromatic rings. The summed E-state index contributed by atoms with van der Waals surface area (Å²) in [4.78, 5) is 26.5. The molecule has 8 heteroatoms. The summed E-state index contributed by atoms with van der Waals surface area (Å²) in [5.41, 5.74) is 0.838. The first-order chi connectivity index (χ1) is 12.3. The van der Waals surface area contributed by atoms with Crippen molar-refractivity contribution in [3.63, 3.8) is 0 Å². The third-order valence-electron chi connectivity index (χ3n) is 3.92. The smallest absolute Gasteiger partial charge is 0.406 e. The normalized spacial score (nSPS) is 17.6. The van der Waals surface area contributed by atoms with E-state index in [1.165, 1.54) is 17.0 Å². The number of alkyl halides is 3. The van der Waals surface area contributed by atoms with Crippen LogP contribution in [-0.4, -0.2) is 36.2 Å². The standard InChI is InChI=1S/C18H15F3N2O3/c19-18(20,21)26-14-8-6-12(7-9-14)15-16(24)22-10-11-23(15)17(25)13-4-2-1-3-5-13/h1-9,15H,10-11H2,(H,22,24). The van der Waals surface area contributed by atoms with Crippen molar-refractivity contribution in [3.05, 3.63) is 65.7 Å². The van der Waals surface area contributed by atoms with E-state index in [0.29, 0.717) is 24.2 Å². The molecule has 1 heterocycles. The highest BCUT2D eigenvalue weighted by atomic mass is 19.4. The number of halogens is 3. The average molecular weight is 364 g/mol. The molecule has 1 aliphatic heterocycles. The molecule has 1 aliphatic rings. The van der Waals surface area contributed by atoms with Gasteiger partial charge in [-0.3, -0.25) is 9.59 Å². The van der Waals surface area contributed by atoms with Crippen LogP contribution in [0.25, 0.3) is 0 Å². The van der Waals surface area contributed by atoms with E-state index in [2.05, 4.69) is 10.1 Å². The quantitative estimate of drug-likeness (QED) is 0.911. The van der Waals surface area contributed by atoms with Crippen LogP contribution in [-0.2, 0) is 4.79 Å². The van der Waals surface area contributed by atoms with Crippen LogP contribution in [0, 0.1) is 0 Å². The molecule has 2 aromatic carbocycles. The lowest BCUT2D eigenvalue weighted by molar-refractivity contribution is -0.274. The molecule has 2 amide bonds. The number of benzene rings is 2. The van der Waals surface area contributed by atoms with Gasteiger partial charge in [0.25, 0.3) is 5.91 Å². The predicted molar refractivity (Wildman–Crippen MR) is 86.4 cm³/mol. The monoisotopic (exact) mass is 364 g/mol. The first-order valence-corrected chi connectivity index (χ1v) is 7.84. The van der Waals surface area contributed by atoms with E-state index in [1.54, 1.807) is 30.3 Å². The molecule has 0 aliphatic carbocycles. The molecular formula is C18H15F3N2O3. The molecule has 1 atom stereocenters. The lowest BCUT2D eigenvalue weighted by Crippen LogP contribution is -2.52. The third-order valence-corrected chi connectivity index (χ3v) is 3.92. The van der Waals surface area contributed by atoms with Gasteiger partial charge in [0.15, 0.2) is 0 Å². The van der Waals surface area contributed by atoms with Crippen molar-refractivity contribution in [3.8, 4) is 5.75 Å². The Labute approximate surface area is 147 Å². The summed E-state index contributed by atoms with van der Waals surface area (Å²) in [7, 11) is 0. The minimum Gasteiger partial charge on any atom is -0.406 e. The summed E-state index contributed by atoms with van der Waals surface area (Å²) < 4.78 is 40.7. The molecule has 26 heavy (non-hydrogen) atoms. The van der Waals surface area contributed by atoms with Crippen molar-refractivity contribution in [1.82, 2.24) is 10.2 Å². The molecule has 5 nitrogen and oxygen atoms in total. The van der Waals surface area contributed by atoms with Crippen molar-refractivity contribution in [2.24, 2.45) is 0 Å². The van der Waals surface area contributed by atoms with Gasteiger partial charge in [-0.2, -0.15) is 0 Å². The van der Waals surface area contributed by atoms with Gasteiger partial charge in [0.05, 0.1) is 0 Å². The van der Waals surface area contributed by atoms with E-state index in [1.807, 2.05) is 0 Å². The molecule has 0 aromatic heterocycles. The van der Waals surface area contributed by atoms with Crippen LogP contribution in [0.5, 0.6) is 5.75 Å². The number of ether oxygens (including phenoxy) is 1. The van der Waals surface area contributed by atoms with Crippen LogP contribution in [0.4, 0.5) is 13.2 Å². The number of piperazine rings is 1. The van der Waals surface area contributed by atoms with E-state index >= 15 is 0 Å². The average Bonchev–Trinajstić information content (AvgIpc) is 2.61. The van der Waals surface area contributed by atoms with Crippen LogP contribution >= 0.6 is 0 Å². The number of amides is 2. The number of rotatable bonds is 3. The minimum atomic E-state index is -4.79. The highest BCUT2D eigenvalue weighted by Gasteiger charge is 2.35. The van der Waals surface area contributed by atoms with Crippen LogP contribution in [0.15, 0.2) is 54.6 Å². The lowest BCUT2D eigenvalue weighted by atomic mass is 10.0. The minimum absolute atomic E-state index is 0.297. The predicted octanol–water partition coefficient (Wildman–Crippen LogP) is 2.90. The largest absolute Gasteiger partial charge is 0.573 e. The Kier molecular flexibility index (Phi) is 4.83.